The van der Waals surface area contributed by atoms with E-state index in [9.17, 15) is 9.18 Å². The molecule has 0 spiro atoms. The van der Waals surface area contributed by atoms with Crippen LogP contribution in [0.3, 0.4) is 0 Å². The molecule has 0 unspecified atom stereocenters. The van der Waals surface area contributed by atoms with Crippen LogP contribution in [-0.4, -0.2) is 5.91 Å². The first kappa shape index (κ1) is 13.6. The van der Waals surface area contributed by atoms with Crippen LogP contribution in [0.4, 0.5) is 15.8 Å². The highest BCUT2D eigenvalue weighted by Gasteiger charge is 2.11. The van der Waals surface area contributed by atoms with Crippen LogP contribution in [0.15, 0.2) is 36.4 Å². The predicted molar refractivity (Wildman–Crippen MR) is 75.2 cm³/mol. The van der Waals surface area contributed by atoms with Crippen molar-refractivity contribution >= 4 is 40.5 Å². The molecule has 0 aromatic heterocycles. The van der Waals surface area contributed by atoms with Crippen molar-refractivity contribution in [1.29, 1.82) is 0 Å². The average Bonchev–Trinajstić information content (AvgIpc) is 2.36. The van der Waals surface area contributed by atoms with Crippen LogP contribution in [0.5, 0.6) is 0 Å². The molecular formula is C13H9Cl2FN2O. The Labute approximate surface area is 119 Å². The summed E-state index contributed by atoms with van der Waals surface area (Å²) in [6.07, 6.45) is 0. The van der Waals surface area contributed by atoms with Crippen LogP contribution in [0, 0.1) is 5.82 Å². The van der Waals surface area contributed by atoms with Gasteiger partial charge < -0.3 is 11.1 Å². The summed E-state index contributed by atoms with van der Waals surface area (Å²) in [6, 6.07) is 8.41. The summed E-state index contributed by atoms with van der Waals surface area (Å²) in [5, 5.41) is 2.95. The Hall–Kier alpha value is -1.78. The summed E-state index contributed by atoms with van der Waals surface area (Å²) in [7, 11) is 0. The minimum Gasteiger partial charge on any atom is -0.398 e. The first-order valence-corrected chi connectivity index (χ1v) is 6.04. The van der Waals surface area contributed by atoms with Crippen molar-refractivity contribution in [3.63, 3.8) is 0 Å². The first-order chi connectivity index (χ1) is 8.97. The highest BCUT2D eigenvalue weighted by molar-refractivity contribution is 6.33. The molecule has 0 atom stereocenters. The molecular weight excluding hydrogens is 290 g/mol. The summed E-state index contributed by atoms with van der Waals surface area (Å²) in [6.45, 7) is 0. The van der Waals surface area contributed by atoms with Crippen LogP contribution in [0.2, 0.25) is 10.0 Å². The molecule has 0 aliphatic rings. The molecule has 1 amide bonds. The van der Waals surface area contributed by atoms with Crippen LogP contribution >= 0.6 is 23.2 Å². The van der Waals surface area contributed by atoms with Crippen molar-refractivity contribution in [3.8, 4) is 0 Å². The molecule has 2 aromatic carbocycles. The zero-order valence-corrected chi connectivity index (χ0v) is 11.1. The molecule has 0 radical (unpaired) electrons. The third-order valence-corrected chi connectivity index (χ3v) is 3.00. The van der Waals surface area contributed by atoms with E-state index in [2.05, 4.69) is 5.32 Å². The number of nitrogens with two attached hydrogens (primary N) is 1. The smallest absolute Gasteiger partial charge is 0.255 e. The number of hydrogen-bond donors (Lipinski definition) is 2. The van der Waals surface area contributed by atoms with Crippen LogP contribution in [0.1, 0.15) is 10.4 Å². The Kier molecular flexibility index (Phi) is 3.93. The lowest BCUT2D eigenvalue weighted by Crippen LogP contribution is -2.13. The van der Waals surface area contributed by atoms with Gasteiger partial charge in [-0.1, -0.05) is 23.2 Å². The van der Waals surface area contributed by atoms with Gasteiger partial charge in [-0.3, -0.25) is 4.79 Å². The van der Waals surface area contributed by atoms with Crippen molar-refractivity contribution in [1.82, 2.24) is 0 Å². The highest BCUT2D eigenvalue weighted by atomic mass is 35.5. The van der Waals surface area contributed by atoms with Gasteiger partial charge >= 0.3 is 0 Å². The lowest BCUT2D eigenvalue weighted by molar-refractivity contribution is 0.102. The second-order valence-electron chi connectivity index (χ2n) is 3.81. The number of halogens is 3. The maximum atomic E-state index is 13.5. The fourth-order valence-corrected chi connectivity index (χ4v) is 1.79. The monoisotopic (exact) mass is 298 g/mol. The molecule has 0 saturated carbocycles. The average molecular weight is 299 g/mol. The Bertz CT molecular complexity index is 647. The number of carbonyl (C=O) groups excluding carboxylic acids is 1. The number of benzene rings is 2. The summed E-state index contributed by atoms with van der Waals surface area (Å²) >= 11 is 11.4. The summed E-state index contributed by atoms with van der Waals surface area (Å²) in [4.78, 5) is 11.9. The molecule has 0 heterocycles. The van der Waals surface area contributed by atoms with Crippen LogP contribution in [-0.2, 0) is 0 Å². The SMILES string of the molecule is Nc1ccc(C(=O)Nc2ccc(Cl)cc2F)cc1Cl. The number of rotatable bonds is 2. The molecule has 2 rings (SSSR count). The zero-order valence-electron chi connectivity index (χ0n) is 9.58. The number of amides is 1. The topological polar surface area (TPSA) is 55.1 Å². The van der Waals surface area contributed by atoms with E-state index in [-0.39, 0.29) is 21.3 Å². The molecule has 19 heavy (non-hydrogen) atoms. The van der Waals surface area contributed by atoms with Crippen molar-refractivity contribution in [2.75, 3.05) is 11.1 Å². The van der Waals surface area contributed by atoms with Crippen molar-refractivity contribution in [2.24, 2.45) is 0 Å². The predicted octanol–water partition coefficient (Wildman–Crippen LogP) is 3.97. The minimum atomic E-state index is -0.609. The fraction of sp³-hybridized carbons (Fsp3) is 0. The van der Waals surface area contributed by atoms with Gasteiger partial charge in [0.1, 0.15) is 5.82 Å². The molecule has 98 valence electrons. The lowest BCUT2D eigenvalue weighted by atomic mass is 10.2. The van der Waals surface area contributed by atoms with E-state index < -0.39 is 11.7 Å². The third-order valence-electron chi connectivity index (χ3n) is 2.44. The van der Waals surface area contributed by atoms with Gasteiger partial charge in [-0.25, -0.2) is 4.39 Å². The molecule has 3 N–H and O–H groups in total. The molecule has 3 nitrogen and oxygen atoms in total. The molecule has 0 aliphatic heterocycles. The van der Waals surface area contributed by atoms with E-state index in [1.165, 1.54) is 30.3 Å². The van der Waals surface area contributed by atoms with Crippen LogP contribution < -0.4 is 11.1 Å². The molecule has 0 bridgehead atoms. The molecule has 0 aliphatic carbocycles. The van der Waals surface area contributed by atoms with Gasteiger partial charge in [0, 0.05) is 10.6 Å². The summed E-state index contributed by atoms with van der Waals surface area (Å²) in [5.74, 6) is -1.09. The Morgan fingerprint density at radius 2 is 1.89 bits per heavy atom. The van der Waals surface area contributed by atoms with E-state index in [0.29, 0.717) is 5.69 Å². The van der Waals surface area contributed by atoms with E-state index in [4.69, 9.17) is 28.9 Å². The number of nitrogens with one attached hydrogen (secondary N) is 1. The Balaban J connectivity index is 2.23. The van der Waals surface area contributed by atoms with Crippen molar-refractivity contribution < 1.29 is 9.18 Å². The second kappa shape index (κ2) is 5.47. The van der Waals surface area contributed by atoms with Gasteiger partial charge in [-0.15, -0.1) is 0 Å². The normalized spacial score (nSPS) is 10.3. The number of hydrogen-bond acceptors (Lipinski definition) is 2. The van der Waals surface area contributed by atoms with E-state index in [1.54, 1.807) is 0 Å². The molecule has 0 fully saturated rings. The van der Waals surface area contributed by atoms with Gasteiger partial charge in [-0.2, -0.15) is 0 Å². The highest BCUT2D eigenvalue weighted by Crippen LogP contribution is 2.22. The van der Waals surface area contributed by atoms with E-state index in [1.807, 2.05) is 0 Å². The Morgan fingerprint density at radius 3 is 2.53 bits per heavy atom. The number of carbonyl (C=O) groups is 1. The Morgan fingerprint density at radius 1 is 1.16 bits per heavy atom. The number of nitrogen functional groups attached to an aromatic ring is 1. The maximum absolute atomic E-state index is 13.5. The lowest BCUT2D eigenvalue weighted by Gasteiger charge is -2.07. The maximum Gasteiger partial charge on any atom is 0.255 e. The molecule has 0 saturated heterocycles. The largest absolute Gasteiger partial charge is 0.398 e. The van der Waals surface area contributed by atoms with Gasteiger partial charge in [0.15, 0.2) is 0 Å². The minimum absolute atomic E-state index is 0.0438. The van der Waals surface area contributed by atoms with Gasteiger partial charge in [0.2, 0.25) is 0 Å². The third kappa shape index (κ3) is 3.16. The first-order valence-electron chi connectivity index (χ1n) is 5.29. The standard InChI is InChI=1S/C13H9Cl2FN2O/c14-8-2-4-12(10(16)6-8)18-13(19)7-1-3-11(17)9(15)5-7/h1-6H,17H2,(H,18,19). The van der Waals surface area contributed by atoms with Gasteiger partial charge in [0.05, 0.1) is 16.4 Å². The zero-order chi connectivity index (χ0) is 14.0. The number of anilines is 2. The van der Waals surface area contributed by atoms with E-state index >= 15 is 0 Å². The fourth-order valence-electron chi connectivity index (χ4n) is 1.45. The molecule has 6 heteroatoms. The summed E-state index contributed by atoms with van der Waals surface area (Å²) in [5.41, 5.74) is 6.24. The van der Waals surface area contributed by atoms with Gasteiger partial charge in [0.25, 0.3) is 5.91 Å². The van der Waals surface area contributed by atoms with Crippen LogP contribution in [0.25, 0.3) is 0 Å². The van der Waals surface area contributed by atoms with Gasteiger partial charge in [-0.05, 0) is 36.4 Å². The molecule has 2 aromatic rings. The second-order valence-corrected chi connectivity index (χ2v) is 4.66. The summed E-state index contributed by atoms with van der Waals surface area (Å²) < 4.78 is 13.5. The van der Waals surface area contributed by atoms with Crippen molar-refractivity contribution in [3.05, 3.63) is 57.8 Å². The van der Waals surface area contributed by atoms with Crippen molar-refractivity contribution in [2.45, 2.75) is 0 Å². The quantitative estimate of drug-likeness (QED) is 0.824. The van der Waals surface area contributed by atoms with E-state index in [0.717, 1.165) is 6.07 Å².